The van der Waals surface area contributed by atoms with E-state index >= 15 is 0 Å². The Morgan fingerprint density at radius 1 is 1.35 bits per heavy atom. The molecule has 2 heterocycles. The minimum absolute atomic E-state index is 0.117. The third kappa shape index (κ3) is 4.40. The molecule has 6 heteroatoms. The molecular weight excluding hydrogens is 292 g/mol. The van der Waals surface area contributed by atoms with Gasteiger partial charge < -0.3 is 0 Å². The lowest BCUT2D eigenvalue weighted by atomic mass is 10.2. The van der Waals surface area contributed by atoms with E-state index in [-0.39, 0.29) is 11.7 Å². The molecule has 20 heavy (non-hydrogen) atoms. The highest BCUT2D eigenvalue weighted by molar-refractivity contribution is 7.89. The van der Waals surface area contributed by atoms with Crippen LogP contribution in [0.5, 0.6) is 0 Å². The molecule has 0 spiro atoms. The number of nitrogens with zero attached hydrogens (tertiary/aromatic N) is 1. The monoisotopic (exact) mass is 310 g/mol. The second-order valence-electron chi connectivity index (χ2n) is 5.02. The fourth-order valence-corrected chi connectivity index (χ4v) is 3.91. The van der Waals surface area contributed by atoms with Gasteiger partial charge in [0.05, 0.1) is 16.3 Å². The molecule has 0 bridgehead atoms. The molecule has 108 valence electrons. The Labute approximate surface area is 123 Å². The standard InChI is InChI=1S/C14H18N2O2S2/c1-11(2)10-20(17,18)16-9-12-5-6-15-13(8-12)14-4-3-7-19-14/h3-8,11,16H,9-10H2,1-2H3. The molecule has 0 aliphatic carbocycles. The summed E-state index contributed by atoms with van der Waals surface area (Å²) in [4.78, 5) is 5.39. The molecule has 1 N–H and O–H groups in total. The molecule has 0 saturated carbocycles. The van der Waals surface area contributed by atoms with E-state index in [9.17, 15) is 8.42 Å². The Bertz CT molecular complexity index is 650. The van der Waals surface area contributed by atoms with Crippen molar-refractivity contribution in [1.29, 1.82) is 0 Å². The largest absolute Gasteiger partial charge is 0.255 e. The second-order valence-corrected chi connectivity index (χ2v) is 7.82. The van der Waals surface area contributed by atoms with Gasteiger partial charge in [-0.3, -0.25) is 4.98 Å². The van der Waals surface area contributed by atoms with Gasteiger partial charge in [0.15, 0.2) is 0 Å². The van der Waals surface area contributed by atoms with Crippen LogP contribution in [0.15, 0.2) is 35.8 Å². The lowest BCUT2D eigenvalue weighted by Gasteiger charge is -2.09. The van der Waals surface area contributed by atoms with Crippen LogP contribution < -0.4 is 4.72 Å². The maximum Gasteiger partial charge on any atom is 0.212 e. The first-order valence-corrected chi connectivity index (χ1v) is 8.95. The van der Waals surface area contributed by atoms with Gasteiger partial charge >= 0.3 is 0 Å². The molecule has 0 aliphatic rings. The van der Waals surface area contributed by atoms with Crippen LogP contribution in [0, 0.1) is 5.92 Å². The number of sulfonamides is 1. The molecule has 0 amide bonds. The summed E-state index contributed by atoms with van der Waals surface area (Å²) in [6.45, 7) is 4.08. The zero-order valence-corrected chi connectivity index (χ0v) is 13.2. The maximum atomic E-state index is 11.8. The predicted molar refractivity (Wildman–Crippen MR) is 83.0 cm³/mol. The van der Waals surface area contributed by atoms with Gasteiger partial charge in [-0.15, -0.1) is 11.3 Å². The van der Waals surface area contributed by atoms with Crippen LogP contribution in [0.1, 0.15) is 19.4 Å². The van der Waals surface area contributed by atoms with Crippen LogP contribution in [0.25, 0.3) is 10.6 Å². The second kappa shape index (κ2) is 6.47. The Hall–Kier alpha value is -1.24. The summed E-state index contributed by atoms with van der Waals surface area (Å²) in [5, 5.41) is 2.00. The highest BCUT2D eigenvalue weighted by Crippen LogP contribution is 2.23. The maximum absolute atomic E-state index is 11.8. The molecule has 0 radical (unpaired) electrons. The predicted octanol–water partition coefficient (Wildman–Crippen LogP) is 2.89. The average Bonchev–Trinajstić information content (AvgIpc) is 2.89. The van der Waals surface area contributed by atoms with Crippen LogP contribution >= 0.6 is 11.3 Å². The average molecular weight is 310 g/mol. The highest BCUT2D eigenvalue weighted by atomic mass is 32.2. The zero-order valence-electron chi connectivity index (χ0n) is 11.5. The summed E-state index contributed by atoms with van der Waals surface area (Å²) in [6, 6.07) is 7.72. The van der Waals surface area contributed by atoms with Gasteiger partial charge in [0, 0.05) is 12.7 Å². The summed E-state index contributed by atoms with van der Waals surface area (Å²) >= 11 is 1.62. The Balaban J connectivity index is 2.06. The van der Waals surface area contributed by atoms with Crippen LogP contribution in [-0.4, -0.2) is 19.2 Å². The van der Waals surface area contributed by atoms with Crippen molar-refractivity contribution in [2.24, 2.45) is 5.92 Å². The molecule has 0 fully saturated rings. The van der Waals surface area contributed by atoms with E-state index < -0.39 is 10.0 Å². The molecule has 0 unspecified atom stereocenters. The Kier molecular flexibility index (Phi) is 4.91. The van der Waals surface area contributed by atoms with Crippen molar-refractivity contribution in [3.63, 3.8) is 0 Å². The fourth-order valence-electron chi connectivity index (χ4n) is 1.83. The molecule has 0 aliphatic heterocycles. The van der Waals surface area contributed by atoms with Gasteiger partial charge in [0.2, 0.25) is 10.0 Å². The first-order valence-electron chi connectivity index (χ1n) is 6.42. The molecule has 2 aromatic rings. The van der Waals surface area contributed by atoms with E-state index in [1.807, 2.05) is 43.5 Å². The van der Waals surface area contributed by atoms with Crippen molar-refractivity contribution in [3.8, 4) is 10.6 Å². The van der Waals surface area contributed by atoms with Crippen LogP contribution in [0.4, 0.5) is 0 Å². The third-order valence-electron chi connectivity index (χ3n) is 2.65. The smallest absolute Gasteiger partial charge is 0.212 e. The number of hydrogen-bond donors (Lipinski definition) is 1. The first kappa shape index (κ1) is 15.2. The van der Waals surface area contributed by atoms with Crippen LogP contribution in [0.3, 0.4) is 0 Å². The van der Waals surface area contributed by atoms with E-state index in [0.29, 0.717) is 6.54 Å². The van der Waals surface area contributed by atoms with E-state index in [1.54, 1.807) is 17.5 Å². The topological polar surface area (TPSA) is 59.1 Å². The molecular formula is C14H18N2O2S2. The molecule has 2 rings (SSSR count). The van der Waals surface area contributed by atoms with Crippen molar-refractivity contribution < 1.29 is 8.42 Å². The number of pyridine rings is 1. The SMILES string of the molecule is CC(C)CS(=O)(=O)NCc1ccnc(-c2cccs2)c1. The lowest BCUT2D eigenvalue weighted by Crippen LogP contribution is -2.28. The van der Waals surface area contributed by atoms with Gasteiger partial charge in [-0.25, -0.2) is 13.1 Å². The van der Waals surface area contributed by atoms with Gasteiger partial charge in [0.25, 0.3) is 0 Å². The van der Waals surface area contributed by atoms with Crippen molar-refractivity contribution in [1.82, 2.24) is 9.71 Å². The van der Waals surface area contributed by atoms with E-state index in [4.69, 9.17) is 0 Å². The molecule has 4 nitrogen and oxygen atoms in total. The minimum atomic E-state index is -3.21. The molecule has 0 atom stereocenters. The van der Waals surface area contributed by atoms with Crippen molar-refractivity contribution in [3.05, 3.63) is 41.4 Å². The Morgan fingerprint density at radius 3 is 2.80 bits per heavy atom. The number of hydrogen-bond acceptors (Lipinski definition) is 4. The number of rotatable bonds is 6. The molecule has 2 aromatic heterocycles. The van der Waals surface area contributed by atoms with E-state index in [2.05, 4.69) is 9.71 Å². The van der Waals surface area contributed by atoms with Crippen LogP contribution in [-0.2, 0) is 16.6 Å². The fraction of sp³-hybridized carbons (Fsp3) is 0.357. The lowest BCUT2D eigenvalue weighted by molar-refractivity contribution is 0.568. The van der Waals surface area contributed by atoms with Crippen molar-refractivity contribution in [2.75, 3.05) is 5.75 Å². The quantitative estimate of drug-likeness (QED) is 0.892. The molecule has 0 saturated heterocycles. The number of thiophene rings is 1. The van der Waals surface area contributed by atoms with Crippen LogP contribution in [0.2, 0.25) is 0 Å². The summed E-state index contributed by atoms with van der Waals surface area (Å²) in [7, 11) is -3.21. The minimum Gasteiger partial charge on any atom is -0.255 e. The molecule has 0 aromatic carbocycles. The number of nitrogens with one attached hydrogen (secondary N) is 1. The summed E-state index contributed by atoms with van der Waals surface area (Å²) in [6.07, 6.45) is 1.71. The van der Waals surface area contributed by atoms with Gasteiger partial charge in [0.1, 0.15) is 0 Å². The highest BCUT2D eigenvalue weighted by Gasteiger charge is 2.12. The van der Waals surface area contributed by atoms with E-state index in [0.717, 1.165) is 16.1 Å². The zero-order chi connectivity index (χ0) is 14.6. The van der Waals surface area contributed by atoms with E-state index in [1.165, 1.54) is 0 Å². The summed E-state index contributed by atoms with van der Waals surface area (Å²) < 4.78 is 26.2. The number of aromatic nitrogens is 1. The van der Waals surface area contributed by atoms with Gasteiger partial charge in [-0.05, 0) is 35.1 Å². The van der Waals surface area contributed by atoms with Crippen molar-refractivity contribution in [2.45, 2.75) is 20.4 Å². The normalized spacial score (nSPS) is 11.9. The first-order chi connectivity index (χ1) is 9.46. The summed E-state index contributed by atoms with van der Waals surface area (Å²) in [5.74, 6) is 0.266. The van der Waals surface area contributed by atoms with Gasteiger partial charge in [-0.1, -0.05) is 19.9 Å². The Morgan fingerprint density at radius 2 is 2.15 bits per heavy atom. The van der Waals surface area contributed by atoms with Gasteiger partial charge in [-0.2, -0.15) is 0 Å². The van der Waals surface area contributed by atoms with Crippen molar-refractivity contribution >= 4 is 21.4 Å². The summed E-state index contributed by atoms with van der Waals surface area (Å²) in [5.41, 5.74) is 1.79. The third-order valence-corrected chi connectivity index (χ3v) is 5.23.